The Morgan fingerprint density at radius 3 is 2.49 bits per heavy atom. The molecule has 1 saturated carbocycles. The van der Waals surface area contributed by atoms with E-state index in [1.807, 2.05) is 36.4 Å². The summed E-state index contributed by atoms with van der Waals surface area (Å²) in [6.45, 7) is -0.565. The number of imidazole rings is 1. The van der Waals surface area contributed by atoms with E-state index in [-0.39, 0.29) is 31.2 Å². The van der Waals surface area contributed by atoms with Crippen LogP contribution in [0.25, 0.3) is 11.0 Å². The molecule has 200 valence electrons. The molecule has 3 atom stereocenters. The highest BCUT2D eigenvalue weighted by molar-refractivity contribution is 5.89. The predicted molar refractivity (Wildman–Crippen MR) is 142 cm³/mol. The number of rotatable bonds is 7. The van der Waals surface area contributed by atoms with Crippen LogP contribution in [-0.2, 0) is 16.1 Å². The van der Waals surface area contributed by atoms with Crippen LogP contribution in [0.1, 0.15) is 47.9 Å². The Balaban J connectivity index is 1.25. The maximum Gasteiger partial charge on any atom is 0.326 e. The average molecular weight is 531 g/mol. The number of para-hydroxylation sites is 2. The second-order valence-corrected chi connectivity index (χ2v) is 10.3. The Hall–Kier alpha value is -4.27. The Bertz CT molecular complexity index is 1590. The molecule has 2 amide bonds. The van der Waals surface area contributed by atoms with Gasteiger partial charge in [0.1, 0.15) is 24.6 Å². The number of carbonyl (C=O) groups excluding carboxylic acids is 2. The number of nitrogens with zero attached hydrogens (tertiary/aromatic N) is 2. The number of aromatic nitrogens is 2. The highest BCUT2D eigenvalue weighted by Gasteiger charge is 2.41. The Morgan fingerprint density at radius 1 is 1.00 bits per heavy atom. The second-order valence-electron chi connectivity index (χ2n) is 10.3. The summed E-state index contributed by atoms with van der Waals surface area (Å²) in [7, 11) is 0. The van der Waals surface area contributed by atoms with Crippen molar-refractivity contribution in [3.63, 3.8) is 0 Å². The van der Waals surface area contributed by atoms with E-state index >= 15 is 0 Å². The quantitative estimate of drug-likeness (QED) is 0.376. The molecule has 9 heteroatoms. The number of halogens is 2. The first-order valence-corrected chi connectivity index (χ1v) is 13.1. The third kappa shape index (κ3) is 4.96. The number of alkyl halides is 1. The van der Waals surface area contributed by atoms with Crippen LogP contribution in [0, 0.1) is 5.82 Å². The van der Waals surface area contributed by atoms with E-state index in [0.29, 0.717) is 22.2 Å². The number of likely N-dealkylation sites (tertiary alicyclic amines) is 1. The van der Waals surface area contributed by atoms with Gasteiger partial charge in [0.05, 0.1) is 23.6 Å². The van der Waals surface area contributed by atoms with Crippen molar-refractivity contribution >= 4 is 22.8 Å². The lowest BCUT2D eigenvalue weighted by Crippen LogP contribution is -2.48. The molecule has 2 heterocycles. The molecule has 1 saturated heterocycles. The van der Waals surface area contributed by atoms with Crippen molar-refractivity contribution in [3.05, 3.63) is 106 Å². The molecule has 0 bridgehead atoms. The summed E-state index contributed by atoms with van der Waals surface area (Å²) in [5.41, 5.74) is 2.66. The zero-order valence-electron chi connectivity index (χ0n) is 21.1. The third-order valence-corrected chi connectivity index (χ3v) is 7.64. The summed E-state index contributed by atoms with van der Waals surface area (Å²) in [4.78, 5) is 43.3. The van der Waals surface area contributed by atoms with Crippen molar-refractivity contribution in [1.82, 2.24) is 19.8 Å². The summed E-state index contributed by atoms with van der Waals surface area (Å²) >= 11 is 0. The number of fused-ring (bicyclic) bond motifs is 1. The highest BCUT2D eigenvalue weighted by Crippen LogP contribution is 2.42. The minimum Gasteiger partial charge on any atom is -0.343 e. The largest absolute Gasteiger partial charge is 0.343 e. The van der Waals surface area contributed by atoms with Crippen molar-refractivity contribution in [2.45, 2.75) is 50.0 Å². The summed E-state index contributed by atoms with van der Waals surface area (Å²) < 4.78 is 30.9. The second kappa shape index (κ2) is 10.1. The van der Waals surface area contributed by atoms with Gasteiger partial charge < -0.3 is 15.2 Å². The first kappa shape index (κ1) is 25.0. The molecular formula is C30H28F2N4O3. The molecule has 2 fully saturated rings. The van der Waals surface area contributed by atoms with Gasteiger partial charge >= 0.3 is 5.69 Å². The van der Waals surface area contributed by atoms with Crippen LogP contribution < -0.4 is 11.0 Å². The van der Waals surface area contributed by atoms with Gasteiger partial charge in [-0.3, -0.25) is 14.2 Å². The molecule has 1 aliphatic heterocycles. The van der Waals surface area contributed by atoms with Crippen molar-refractivity contribution < 1.29 is 18.4 Å². The van der Waals surface area contributed by atoms with E-state index in [2.05, 4.69) is 10.3 Å². The molecule has 2 N–H and O–H groups in total. The molecule has 3 aromatic carbocycles. The topological polar surface area (TPSA) is 87.2 Å². The van der Waals surface area contributed by atoms with Gasteiger partial charge in [0.15, 0.2) is 0 Å². The van der Waals surface area contributed by atoms with Crippen LogP contribution in [0.3, 0.4) is 0 Å². The van der Waals surface area contributed by atoms with Crippen LogP contribution >= 0.6 is 0 Å². The Labute approximate surface area is 223 Å². The first-order valence-electron chi connectivity index (χ1n) is 13.1. The summed E-state index contributed by atoms with van der Waals surface area (Å²) in [6, 6.07) is 19.4. The van der Waals surface area contributed by atoms with Crippen molar-refractivity contribution in [2.24, 2.45) is 0 Å². The maximum atomic E-state index is 15.0. The number of amides is 2. The van der Waals surface area contributed by atoms with Crippen molar-refractivity contribution in [2.75, 3.05) is 6.54 Å². The Morgan fingerprint density at radius 2 is 1.74 bits per heavy atom. The van der Waals surface area contributed by atoms with Gasteiger partial charge in [-0.05, 0) is 53.6 Å². The van der Waals surface area contributed by atoms with Crippen LogP contribution in [-0.4, -0.2) is 45.0 Å². The predicted octanol–water partition coefficient (Wildman–Crippen LogP) is 4.19. The molecule has 39 heavy (non-hydrogen) atoms. The molecule has 6 rings (SSSR count). The van der Waals surface area contributed by atoms with Gasteiger partial charge in [0.25, 0.3) is 0 Å². The summed E-state index contributed by atoms with van der Waals surface area (Å²) in [5, 5.41) is 2.95. The van der Waals surface area contributed by atoms with Crippen LogP contribution in [0.5, 0.6) is 0 Å². The molecule has 2 aliphatic rings. The molecular weight excluding hydrogens is 502 g/mol. The monoisotopic (exact) mass is 530 g/mol. The number of hydrogen-bond acceptors (Lipinski definition) is 3. The number of carbonyl (C=O) groups is 2. The van der Waals surface area contributed by atoms with Crippen molar-refractivity contribution in [3.8, 4) is 0 Å². The van der Waals surface area contributed by atoms with E-state index in [4.69, 9.17) is 0 Å². The fourth-order valence-electron chi connectivity index (χ4n) is 5.49. The SMILES string of the molecule is O=C(N[C@@H](c1ccccc1)c1ccc(C2CC2)c(F)c1)[C@@H]1C[C@@H](F)CN1C(=O)Cn1c(=O)[nH]c2ccccc21. The van der Waals surface area contributed by atoms with Gasteiger partial charge in [-0.15, -0.1) is 0 Å². The fourth-order valence-corrected chi connectivity index (χ4v) is 5.49. The van der Waals surface area contributed by atoms with E-state index in [1.165, 1.54) is 15.5 Å². The molecule has 1 aromatic heterocycles. The minimum atomic E-state index is -1.38. The third-order valence-electron chi connectivity index (χ3n) is 7.64. The van der Waals surface area contributed by atoms with Gasteiger partial charge in [0, 0.05) is 6.42 Å². The van der Waals surface area contributed by atoms with E-state index in [0.717, 1.165) is 18.4 Å². The van der Waals surface area contributed by atoms with Crippen LogP contribution in [0.4, 0.5) is 8.78 Å². The average Bonchev–Trinajstić information content (AvgIpc) is 3.63. The zero-order chi connectivity index (χ0) is 27.1. The molecule has 4 aromatic rings. The molecule has 0 radical (unpaired) electrons. The number of benzene rings is 3. The number of H-pyrrole nitrogens is 1. The zero-order valence-corrected chi connectivity index (χ0v) is 21.1. The maximum absolute atomic E-state index is 15.0. The van der Waals surface area contributed by atoms with Gasteiger partial charge in [-0.2, -0.15) is 0 Å². The minimum absolute atomic E-state index is 0.156. The number of aromatic amines is 1. The van der Waals surface area contributed by atoms with E-state index < -0.39 is 35.8 Å². The fraction of sp³-hybridized carbons (Fsp3) is 0.300. The molecule has 0 spiro atoms. The lowest BCUT2D eigenvalue weighted by atomic mass is 9.96. The van der Waals surface area contributed by atoms with Gasteiger partial charge in [0.2, 0.25) is 11.8 Å². The lowest BCUT2D eigenvalue weighted by Gasteiger charge is -2.27. The number of hydrogen-bond donors (Lipinski definition) is 2. The smallest absolute Gasteiger partial charge is 0.326 e. The standard InChI is InChI=1S/C30H28F2N4O3/c31-21-15-26(35(16-21)27(37)17-36-25-9-5-4-8-24(25)33-30(36)39)29(38)34-28(19-6-2-1-3-7-19)20-12-13-22(18-10-11-18)23(32)14-20/h1-9,12-14,18,21,26,28H,10-11,15-17H2,(H,33,39)(H,34,38)/t21-,26+,28+/m1/s1. The number of nitrogens with one attached hydrogen (secondary N) is 2. The highest BCUT2D eigenvalue weighted by atomic mass is 19.1. The molecule has 0 unspecified atom stereocenters. The van der Waals surface area contributed by atoms with Crippen LogP contribution in [0.2, 0.25) is 0 Å². The summed E-state index contributed by atoms with van der Waals surface area (Å²) in [6.07, 6.45) is 0.400. The summed E-state index contributed by atoms with van der Waals surface area (Å²) in [5.74, 6) is -1.13. The van der Waals surface area contributed by atoms with E-state index in [9.17, 15) is 23.2 Å². The van der Waals surface area contributed by atoms with Crippen molar-refractivity contribution in [1.29, 1.82) is 0 Å². The van der Waals surface area contributed by atoms with Gasteiger partial charge in [-0.25, -0.2) is 13.6 Å². The van der Waals surface area contributed by atoms with Crippen LogP contribution in [0.15, 0.2) is 77.6 Å². The molecule has 7 nitrogen and oxygen atoms in total. The lowest BCUT2D eigenvalue weighted by molar-refractivity contribution is -0.139. The normalized spacial score (nSPS) is 19.8. The molecule has 1 aliphatic carbocycles. The van der Waals surface area contributed by atoms with E-state index in [1.54, 1.807) is 30.3 Å². The Kier molecular flexibility index (Phi) is 6.50. The first-order chi connectivity index (χ1) is 18.9. The van der Waals surface area contributed by atoms with Gasteiger partial charge in [-0.1, -0.05) is 54.6 Å².